The van der Waals surface area contributed by atoms with Crippen molar-refractivity contribution in [1.82, 2.24) is 34.8 Å². The Labute approximate surface area is 150 Å². The molecule has 9 nitrogen and oxygen atoms in total. The second-order valence-electron chi connectivity index (χ2n) is 6.24. The summed E-state index contributed by atoms with van der Waals surface area (Å²) in [5.74, 6) is 1.17. The van der Waals surface area contributed by atoms with Crippen molar-refractivity contribution in [2.75, 3.05) is 18.4 Å². The van der Waals surface area contributed by atoms with Crippen LogP contribution in [0.15, 0.2) is 36.7 Å². The number of anilines is 1. The Morgan fingerprint density at radius 1 is 1.19 bits per heavy atom. The zero-order valence-corrected chi connectivity index (χ0v) is 14.5. The molecule has 1 amide bonds. The van der Waals surface area contributed by atoms with Crippen LogP contribution in [0.4, 0.5) is 5.95 Å². The summed E-state index contributed by atoms with van der Waals surface area (Å²) in [4.78, 5) is 21.0. The highest BCUT2D eigenvalue weighted by Gasteiger charge is 2.22. The summed E-state index contributed by atoms with van der Waals surface area (Å²) >= 11 is 0. The summed E-state index contributed by atoms with van der Waals surface area (Å²) in [5, 5.41) is 14.8. The molecule has 3 aromatic rings. The molecule has 0 bridgehead atoms. The highest BCUT2D eigenvalue weighted by atomic mass is 16.2. The number of carbonyl (C=O) groups is 1. The zero-order chi connectivity index (χ0) is 17.9. The van der Waals surface area contributed by atoms with E-state index in [1.165, 1.54) is 6.33 Å². The van der Waals surface area contributed by atoms with E-state index in [0.717, 1.165) is 37.4 Å². The third-order valence-corrected chi connectivity index (χ3v) is 4.42. The number of nitrogens with zero attached hydrogens (tertiary/aromatic N) is 6. The van der Waals surface area contributed by atoms with E-state index in [1.54, 1.807) is 16.4 Å². The maximum atomic E-state index is 12.5. The number of hydrogen-bond acceptors (Lipinski definition) is 6. The number of benzene rings is 1. The molecule has 26 heavy (non-hydrogen) atoms. The van der Waals surface area contributed by atoms with Crippen molar-refractivity contribution < 1.29 is 4.79 Å². The Morgan fingerprint density at radius 2 is 1.96 bits per heavy atom. The maximum Gasteiger partial charge on any atom is 0.297 e. The highest BCUT2D eigenvalue weighted by molar-refractivity contribution is 6.00. The molecule has 0 unspecified atom stereocenters. The minimum atomic E-state index is -0.410. The van der Waals surface area contributed by atoms with E-state index >= 15 is 0 Å². The van der Waals surface area contributed by atoms with Gasteiger partial charge in [-0.25, -0.2) is 14.3 Å². The standard InChI is InChI=1S/C17H20N8O/c1-24-17(20-14(22-24)12-7-9-18-10-8-12)21-16(26)15-19-11-25(23-15)13-5-3-2-4-6-13/h2-6,11-12,18H,7-10H2,1H3,(H,20,21,22,26). The number of para-hydroxylation sites is 1. The predicted molar refractivity (Wildman–Crippen MR) is 95.2 cm³/mol. The molecule has 2 aromatic heterocycles. The third kappa shape index (κ3) is 3.33. The van der Waals surface area contributed by atoms with Crippen LogP contribution in [0.5, 0.6) is 0 Å². The molecule has 0 aliphatic carbocycles. The molecule has 0 spiro atoms. The monoisotopic (exact) mass is 352 g/mol. The van der Waals surface area contributed by atoms with Crippen LogP contribution in [-0.2, 0) is 7.05 Å². The normalized spacial score (nSPS) is 15.1. The lowest BCUT2D eigenvalue weighted by molar-refractivity contribution is 0.101. The first kappa shape index (κ1) is 16.4. The predicted octanol–water partition coefficient (Wildman–Crippen LogP) is 1.12. The molecule has 3 heterocycles. The summed E-state index contributed by atoms with van der Waals surface area (Å²) < 4.78 is 3.15. The van der Waals surface area contributed by atoms with Gasteiger partial charge in [0.15, 0.2) is 5.82 Å². The zero-order valence-electron chi connectivity index (χ0n) is 14.5. The Balaban J connectivity index is 1.48. The minimum Gasteiger partial charge on any atom is -0.317 e. The van der Waals surface area contributed by atoms with Gasteiger partial charge >= 0.3 is 0 Å². The van der Waals surface area contributed by atoms with Gasteiger partial charge in [-0.2, -0.15) is 10.1 Å². The van der Waals surface area contributed by atoms with Gasteiger partial charge in [-0.15, -0.1) is 5.10 Å². The van der Waals surface area contributed by atoms with E-state index in [2.05, 4.69) is 30.8 Å². The van der Waals surface area contributed by atoms with Gasteiger partial charge in [0, 0.05) is 13.0 Å². The number of aryl methyl sites for hydroxylation is 1. The molecule has 0 atom stereocenters. The molecule has 1 aliphatic rings. The van der Waals surface area contributed by atoms with Crippen LogP contribution in [0.25, 0.3) is 5.69 Å². The number of rotatable bonds is 4. The largest absolute Gasteiger partial charge is 0.317 e. The van der Waals surface area contributed by atoms with Gasteiger partial charge in [-0.05, 0) is 38.1 Å². The van der Waals surface area contributed by atoms with E-state index in [0.29, 0.717) is 11.9 Å². The Kier molecular flexibility index (Phi) is 4.44. The smallest absolute Gasteiger partial charge is 0.297 e. The van der Waals surface area contributed by atoms with Crippen LogP contribution in [0.3, 0.4) is 0 Å². The average Bonchev–Trinajstić information content (AvgIpc) is 3.31. The van der Waals surface area contributed by atoms with E-state index < -0.39 is 5.91 Å². The highest BCUT2D eigenvalue weighted by Crippen LogP contribution is 2.23. The van der Waals surface area contributed by atoms with E-state index in [1.807, 2.05) is 30.3 Å². The molecule has 1 aliphatic heterocycles. The lowest BCUT2D eigenvalue weighted by Crippen LogP contribution is -2.27. The summed E-state index contributed by atoms with van der Waals surface area (Å²) in [6.07, 6.45) is 3.52. The van der Waals surface area contributed by atoms with Gasteiger partial charge in [0.25, 0.3) is 5.91 Å². The first-order chi connectivity index (χ1) is 12.7. The van der Waals surface area contributed by atoms with E-state index in [-0.39, 0.29) is 5.82 Å². The first-order valence-corrected chi connectivity index (χ1v) is 8.61. The Hall–Kier alpha value is -3.07. The maximum absolute atomic E-state index is 12.5. The van der Waals surface area contributed by atoms with E-state index in [4.69, 9.17) is 0 Å². The van der Waals surface area contributed by atoms with Crippen molar-refractivity contribution >= 4 is 11.9 Å². The molecule has 134 valence electrons. The van der Waals surface area contributed by atoms with Crippen molar-refractivity contribution in [2.45, 2.75) is 18.8 Å². The van der Waals surface area contributed by atoms with Crippen molar-refractivity contribution in [3.8, 4) is 5.69 Å². The molecule has 0 saturated carbocycles. The Bertz CT molecular complexity index is 895. The molecular formula is C17H20N8O. The molecular weight excluding hydrogens is 332 g/mol. The van der Waals surface area contributed by atoms with Gasteiger partial charge < -0.3 is 5.32 Å². The molecule has 9 heteroatoms. The SMILES string of the molecule is Cn1nc(C2CCNCC2)nc1NC(=O)c1ncn(-c2ccccc2)n1. The average molecular weight is 352 g/mol. The quantitative estimate of drug-likeness (QED) is 0.729. The first-order valence-electron chi connectivity index (χ1n) is 8.61. The second-order valence-corrected chi connectivity index (χ2v) is 6.24. The van der Waals surface area contributed by atoms with Gasteiger partial charge in [0.05, 0.1) is 5.69 Å². The molecule has 1 saturated heterocycles. The number of nitrogens with one attached hydrogen (secondary N) is 2. The summed E-state index contributed by atoms with van der Waals surface area (Å²) in [6.45, 7) is 1.93. The molecule has 1 aromatic carbocycles. The number of piperidine rings is 1. The summed E-state index contributed by atoms with van der Waals surface area (Å²) in [6, 6.07) is 9.51. The van der Waals surface area contributed by atoms with Gasteiger partial charge in [-0.3, -0.25) is 10.1 Å². The lowest BCUT2D eigenvalue weighted by atomic mass is 9.98. The van der Waals surface area contributed by atoms with Crippen LogP contribution in [0.2, 0.25) is 0 Å². The van der Waals surface area contributed by atoms with Crippen molar-refractivity contribution in [3.05, 3.63) is 48.3 Å². The fourth-order valence-electron chi connectivity index (χ4n) is 3.00. The lowest BCUT2D eigenvalue weighted by Gasteiger charge is -2.19. The number of amides is 1. The van der Waals surface area contributed by atoms with Crippen LogP contribution in [-0.4, -0.2) is 48.5 Å². The fourth-order valence-corrected chi connectivity index (χ4v) is 3.00. The van der Waals surface area contributed by atoms with Crippen LogP contribution < -0.4 is 10.6 Å². The molecule has 4 rings (SSSR count). The number of carbonyl (C=O) groups excluding carboxylic acids is 1. The van der Waals surface area contributed by atoms with E-state index in [9.17, 15) is 4.79 Å². The van der Waals surface area contributed by atoms with Gasteiger partial charge in [-0.1, -0.05) is 18.2 Å². The molecule has 0 radical (unpaired) electrons. The van der Waals surface area contributed by atoms with Crippen LogP contribution in [0, 0.1) is 0 Å². The molecule has 1 fully saturated rings. The van der Waals surface area contributed by atoms with Crippen molar-refractivity contribution in [3.63, 3.8) is 0 Å². The van der Waals surface area contributed by atoms with Crippen LogP contribution in [0.1, 0.15) is 35.2 Å². The van der Waals surface area contributed by atoms with Crippen molar-refractivity contribution in [2.24, 2.45) is 7.05 Å². The molecule has 2 N–H and O–H groups in total. The number of hydrogen-bond donors (Lipinski definition) is 2. The summed E-state index contributed by atoms with van der Waals surface area (Å²) in [7, 11) is 1.77. The minimum absolute atomic E-state index is 0.0836. The van der Waals surface area contributed by atoms with Crippen LogP contribution >= 0.6 is 0 Å². The summed E-state index contributed by atoms with van der Waals surface area (Å²) in [5.41, 5.74) is 0.839. The number of aromatic nitrogens is 6. The van der Waals surface area contributed by atoms with Crippen molar-refractivity contribution in [1.29, 1.82) is 0 Å². The van der Waals surface area contributed by atoms with Gasteiger partial charge in [0.1, 0.15) is 6.33 Å². The second kappa shape index (κ2) is 7.04. The van der Waals surface area contributed by atoms with Gasteiger partial charge in [0.2, 0.25) is 11.8 Å². The third-order valence-electron chi connectivity index (χ3n) is 4.42. The fraction of sp³-hybridized carbons (Fsp3) is 0.353. The Morgan fingerprint density at radius 3 is 2.73 bits per heavy atom. The topological polar surface area (TPSA) is 103 Å².